The number of benzene rings is 2. The van der Waals surface area contributed by atoms with Crippen molar-refractivity contribution in [3.8, 4) is 0 Å². The highest BCUT2D eigenvalue weighted by atomic mass is 16.5. The Balaban J connectivity index is 1.52. The number of amidine groups is 1. The zero-order valence-electron chi connectivity index (χ0n) is 20.5. The van der Waals surface area contributed by atoms with Crippen LogP contribution in [0.25, 0.3) is 0 Å². The van der Waals surface area contributed by atoms with Gasteiger partial charge in [-0.1, -0.05) is 78.9 Å². The normalized spacial score (nSPS) is 23.5. The van der Waals surface area contributed by atoms with Crippen molar-refractivity contribution in [1.29, 1.82) is 0 Å². The predicted octanol–water partition coefficient (Wildman–Crippen LogP) is 4.04. The molecular weight excluding hydrogens is 468 g/mol. The number of allylic oxidation sites excluding steroid dienone is 4. The fraction of sp³-hybridized carbons (Fsp3) is 0.241. The summed E-state index contributed by atoms with van der Waals surface area (Å²) in [5, 5.41) is 3.37. The van der Waals surface area contributed by atoms with E-state index in [1.54, 1.807) is 6.92 Å². The molecule has 1 N–H and O–H groups in total. The quantitative estimate of drug-likeness (QED) is 0.461. The van der Waals surface area contributed by atoms with E-state index in [0.717, 1.165) is 32.7 Å². The molecule has 8 heteroatoms. The fourth-order valence-corrected chi connectivity index (χ4v) is 5.47. The monoisotopic (exact) mass is 495 g/mol. The van der Waals surface area contributed by atoms with E-state index in [2.05, 4.69) is 5.32 Å². The maximum absolute atomic E-state index is 13.6. The summed E-state index contributed by atoms with van der Waals surface area (Å²) in [5.74, 6) is 0.942. The molecule has 0 amide bonds. The van der Waals surface area contributed by atoms with Gasteiger partial charge in [-0.2, -0.15) is 0 Å². The van der Waals surface area contributed by atoms with E-state index >= 15 is 0 Å². The molecule has 1 saturated heterocycles. The third kappa shape index (κ3) is 3.72. The van der Waals surface area contributed by atoms with Crippen LogP contribution in [0.4, 0.5) is 0 Å². The lowest BCUT2D eigenvalue weighted by Crippen LogP contribution is -2.60. The summed E-state index contributed by atoms with van der Waals surface area (Å²) in [7, 11) is 0. The maximum atomic E-state index is 13.6. The predicted molar refractivity (Wildman–Crippen MR) is 138 cm³/mol. The molecule has 1 fully saturated rings. The van der Waals surface area contributed by atoms with Crippen LogP contribution >= 0.6 is 0 Å². The number of rotatable bonds is 7. The Morgan fingerprint density at radius 2 is 1.92 bits per heavy atom. The van der Waals surface area contributed by atoms with Crippen molar-refractivity contribution >= 4 is 11.8 Å². The number of hydrogen-bond donors (Lipinski definition) is 1. The Labute approximate surface area is 214 Å². The van der Waals surface area contributed by atoms with Crippen LogP contribution in [-0.4, -0.2) is 41.0 Å². The SMILES string of the molecule is CCOC(=O)CC1=NC2=C3NC[N+](=O)[C@@H](OCc4ccccc4)[C@@]3(c3ccccc3)C3=CC=CC3=CN12. The largest absolute Gasteiger partial charge is 0.466 e. The van der Waals surface area contributed by atoms with Crippen molar-refractivity contribution in [2.75, 3.05) is 13.3 Å². The smallest absolute Gasteiger partial charge is 0.327 e. The minimum absolute atomic E-state index is 0.0412. The van der Waals surface area contributed by atoms with Crippen LogP contribution in [0.2, 0.25) is 0 Å². The Bertz CT molecular complexity index is 1410. The molecule has 3 aliphatic heterocycles. The highest BCUT2D eigenvalue weighted by molar-refractivity contribution is 6.03. The van der Waals surface area contributed by atoms with Crippen molar-refractivity contribution in [2.24, 2.45) is 4.99 Å². The minimum atomic E-state index is -0.978. The van der Waals surface area contributed by atoms with Crippen LogP contribution in [0.1, 0.15) is 24.5 Å². The number of nitrogens with one attached hydrogen (secondary N) is 1. The molecule has 0 spiro atoms. The van der Waals surface area contributed by atoms with Gasteiger partial charge in [0.2, 0.25) is 0 Å². The maximum Gasteiger partial charge on any atom is 0.327 e. The number of esters is 1. The first-order valence-electron chi connectivity index (χ1n) is 12.4. The van der Waals surface area contributed by atoms with Crippen LogP contribution in [0.5, 0.6) is 0 Å². The number of fused-ring (bicyclic) bond motifs is 4. The topological polar surface area (TPSA) is 83.2 Å². The van der Waals surface area contributed by atoms with E-state index in [4.69, 9.17) is 14.5 Å². The van der Waals surface area contributed by atoms with Gasteiger partial charge in [0.15, 0.2) is 11.2 Å². The lowest BCUT2D eigenvalue weighted by atomic mass is 9.67. The molecule has 37 heavy (non-hydrogen) atoms. The summed E-state index contributed by atoms with van der Waals surface area (Å²) in [6.07, 6.45) is 7.21. The van der Waals surface area contributed by atoms with E-state index in [-0.39, 0.29) is 25.7 Å². The summed E-state index contributed by atoms with van der Waals surface area (Å²) >= 11 is 0. The summed E-state index contributed by atoms with van der Waals surface area (Å²) in [6, 6.07) is 19.8. The number of carbonyl (C=O) groups excluding carboxylic acids is 1. The van der Waals surface area contributed by atoms with Gasteiger partial charge in [0.05, 0.1) is 18.9 Å². The van der Waals surface area contributed by atoms with Crippen LogP contribution in [0.3, 0.4) is 0 Å². The zero-order chi connectivity index (χ0) is 25.4. The molecule has 4 aliphatic rings. The van der Waals surface area contributed by atoms with Crippen LogP contribution in [0, 0.1) is 4.91 Å². The van der Waals surface area contributed by atoms with Crippen molar-refractivity contribution < 1.29 is 19.0 Å². The highest BCUT2D eigenvalue weighted by Gasteiger charge is 2.62. The third-order valence-corrected chi connectivity index (χ3v) is 7.03. The summed E-state index contributed by atoms with van der Waals surface area (Å²) in [6.45, 7) is 2.42. The first-order chi connectivity index (χ1) is 18.1. The summed E-state index contributed by atoms with van der Waals surface area (Å²) in [4.78, 5) is 32.5. The lowest BCUT2D eigenvalue weighted by Gasteiger charge is -2.43. The van der Waals surface area contributed by atoms with Crippen LogP contribution in [-0.2, 0) is 26.3 Å². The molecule has 2 aromatic carbocycles. The van der Waals surface area contributed by atoms with Gasteiger partial charge in [0.1, 0.15) is 12.3 Å². The van der Waals surface area contributed by atoms with Crippen molar-refractivity contribution in [2.45, 2.75) is 31.6 Å². The van der Waals surface area contributed by atoms with Gasteiger partial charge in [0.25, 0.3) is 6.67 Å². The van der Waals surface area contributed by atoms with Gasteiger partial charge in [0, 0.05) is 15.9 Å². The van der Waals surface area contributed by atoms with Crippen LogP contribution in [0.15, 0.2) is 113 Å². The van der Waals surface area contributed by atoms with Crippen molar-refractivity contribution in [3.05, 3.63) is 124 Å². The van der Waals surface area contributed by atoms with Gasteiger partial charge in [-0.15, -0.1) is 0 Å². The molecular formula is C29H27N4O4+. The highest BCUT2D eigenvalue weighted by Crippen LogP contribution is 2.53. The number of hydrogen-bond acceptors (Lipinski definition) is 7. The molecule has 0 bridgehead atoms. The first kappa shape index (κ1) is 23.1. The van der Waals surface area contributed by atoms with E-state index in [1.165, 1.54) is 0 Å². The standard InChI is InChI=1S/C29H27N4O4/c1-2-36-25(34)16-24-31-27-26-29(22-13-7-4-8-14-22,23-15-9-12-21(23)17-32(24)27)28(33(35)19-30-26)37-18-20-10-5-3-6-11-20/h3-15,17,28,30H,2,16,18-19H2,1H3/q+1/t28-,29-/m0/s1. The lowest BCUT2D eigenvalue weighted by molar-refractivity contribution is -0.651. The molecule has 8 nitrogen and oxygen atoms in total. The second-order valence-electron chi connectivity index (χ2n) is 9.18. The number of ether oxygens (including phenoxy) is 2. The average molecular weight is 496 g/mol. The number of nitrogens with zero attached hydrogens (tertiary/aromatic N) is 3. The Hall–Kier alpha value is -4.30. The summed E-state index contributed by atoms with van der Waals surface area (Å²) < 4.78 is 12.6. The Kier molecular flexibility index (Phi) is 5.81. The molecule has 1 aliphatic carbocycles. The molecule has 0 saturated carbocycles. The van der Waals surface area contributed by atoms with Crippen LogP contribution < -0.4 is 5.32 Å². The zero-order valence-corrected chi connectivity index (χ0v) is 20.5. The third-order valence-electron chi connectivity index (χ3n) is 7.03. The number of carbonyl (C=O) groups is 1. The van der Waals surface area contributed by atoms with Gasteiger partial charge in [-0.25, -0.2) is 4.99 Å². The number of nitroso groups, excluding NO2 is 1. The van der Waals surface area contributed by atoms with E-state index in [9.17, 15) is 9.70 Å². The Morgan fingerprint density at radius 1 is 1.16 bits per heavy atom. The second-order valence-corrected chi connectivity index (χ2v) is 9.18. The van der Waals surface area contributed by atoms with Gasteiger partial charge in [-0.3, -0.25) is 9.69 Å². The van der Waals surface area contributed by atoms with Gasteiger partial charge >= 0.3 is 12.2 Å². The molecule has 3 heterocycles. The molecule has 0 radical (unpaired) electrons. The van der Waals surface area contributed by atoms with Gasteiger partial charge in [-0.05, 0) is 29.2 Å². The summed E-state index contributed by atoms with van der Waals surface area (Å²) in [5.41, 5.74) is 3.56. The molecule has 0 aromatic heterocycles. The van der Waals surface area contributed by atoms with E-state index < -0.39 is 11.6 Å². The van der Waals surface area contributed by atoms with Crippen molar-refractivity contribution in [1.82, 2.24) is 10.2 Å². The molecule has 6 rings (SSSR count). The first-order valence-corrected chi connectivity index (χ1v) is 12.4. The molecule has 2 aromatic rings. The Morgan fingerprint density at radius 3 is 2.68 bits per heavy atom. The minimum Gasteiger partial charge on any atom is -0.466 e. The molecule has 186 valence electrons. The van der Waals surface area contributed by atoms with E-state index in [1.807, 2.05) is 90.0 Å². The van der Waals surface area contributed by atoms with Crippen molar-refractivity contribution in [3.63, 3.8) is 0 Å². The second kappa shape index (κ2) is 9.29. The average Bonchev–Trinajstić information content (AvgIpc) is 3.36. The van der Waals surface area contributed by atoms with Gasteiger partial charge < -0.3 is 14.8 Å². The molecule has 0 unspecified atom stereocenters. The fourth-order valence-electron chi connectivity index (χ4n) is 5.47. The molecule has 2 atom stereocenters. The number of aliphatic imine (C=N–C) groups is 1. The van der Waals surface area contributed by atoms with E-state index in [0.29, 0.717) is 18.3 Å².